The number of rotatable bonds is 3. The van der Waals surface area contributed by atoms with Crippen LogP contribution in [0.15, 0.2) is 30.3 Å². The molecule has 0 spiro atoms. The second-order valence-corrected chi connectivity index (χ2v) is 7.61. The predicted octanol–water partition coefficient (Wildman–Crippen LogP) is 1.57. The lowest BCUT2D eigenvalue weighted by molar-refractivity contribution is -0.131. The van der Waals surface area contributed by atoms with E-state index in [4.69, 9.17) is 0 Å². The molecule has 1 N–H and O–H groups in total. The topological polar surface area (TPSA) is 80.1 Å². The minimum atomic E-state index is -0.239. The molecule has 7 heteroatoms. The molecule has 1 aromatic heterocycles. The summed E-state index contributed by atoms with van der Waals surface area (Å²) < 4.78 is 1.94. The van der Waals surface area contributed by atoms with Gasteiger partial charge in [-0.05, 0) is 36.8 Å². The lowest BCUT2D eigenvalue weighted by atomic mass is 9.89. The van der Waals surface area contributed by atoms with Gasteiger partial charge in [-0.25, -0.2) is 0 Å². The fraction of sp³-hybridized carbons (Fsp3) is 0.474. The maximum atomic E-state index is 12.6. The van der Waals surface area contributed by atoms with E-state index in [0.29, 0.717) is 30.1 Å². The molecule has 3 aliphatic rings. The zero-order chi connectivity index (χ0) is 17.7. The molecule has 2 aromatic rings. The summed E-state index contributed by atoms with van der Waals surface area (Å²) in [6.07, 6.45) is 2.87. The highest BCUT2D eigenvalue weighted by Crippen LogP contribution is 2.37. The number of nitrogens with zero attached hydrogens (tertiary/aromatic N) is 4. The van der Waals surface area contributed by atoms with Crippen LogP contribution in [0.1, 0.15) is 29.3 Å². The van der Waals surface area contributed by atoms with Crippen molar-refractivity contribution in [1.82, 2.24) is 19.7 Å². The summed E-state index contributed by atoms with van der Waals surface area (Å²) in [5, 5.41) is 11.3. The predicted molar refractivity (Wildman–Crippen MR) is 94.4 cm³/mol. The Balaban J connectivity index is 1.32. The average molecular weight is 351 g/mol. The molecule has 2 atom stereocenters. The number of para-hydroxylation sites is 1. The van der Waals surface area contributed by atoms with Crippen LogP contribution < -0.4 is 5.32 Å². The largest absolute Gasteiger partial charge is 0.342 e. The number of nitrogens with one attached hydrogen (secondary N) is 1. The Morgan fingerprint density at radius 3 is 2.54 bits per heavy atom. The van der Waals surface area contributed by atoms with Crippen molar-refractivity contribution < 1.29 is 9.59 Å². The van der Waals surface area contributed by atoms with Gasteiger partial charge >= 0.3 is 0 Å². The Morgan fingerprint density at radius 2 is 1.77 bits per heavy atom. The fourth-order valence-corrected chi connectivity index (χ4v) is 4.17. The first-order chi connectivity index (χ1) is 12.7. The van der Waals surface area contributed by atoms with E-state index in [-0.39, 0.29) is 11.8 Å². The van der Waals surface area contributed by atoms with Gasteiger partial charge in [0.05, 0.1) is 0 Å². The molecule has 3 heterocycles. The lowest BCUT2D eigenvalue weighted by Gasteiger charge is -2.25. The van der Waals surface area contributed by atoms with Gasteiger partial charge in [0.1, 0.15) is 5.82 Å². The maximum Gasteiger partial charge on any atom is 0.293 e. The second-order valence-electron chi connectivity index (χ2n) is 7.61. The van der Waals surface area contributed by atoms with Crippen LogP contribution in [0.25, 0.3) is 0 Å². The molecular weight excluding hydrogens is 330 g/mol. The molecule has 0 radical (unpaired) electrons. The van der Waals surface area contributed by atoms with Gasteiger partial charge in [-0.1, -0.05) is 18.2 Å². The number of carbonyl (C=O) groups excluding carboxylic acids is 2. The number of anilines is 1. The van der Waals surface area contributed by atoms with Crippen molar-refractivity contribution in [2.24, 2.45) is 17.8 Å². The molecule has 0 unspecified atom stereocenters. The van der Waals surface area contributed by atoms with Crippen molar-refractivity contribution in [3.05, 3.63) is 42.0 Å². The summed E-state index contributed by atoms with van der Waals surface area (Å²) in [4.78, 5) is 27.0. The Labute approximate surface area is 151 Å². The van der Waals surface area contributed by atoms with Crippen molar-refractivity contribution in [1.29, 1.82) is 0 Å². The van der Waals surface area contributed by atoms with E-state index < -0.39 is 0 Å². The summed E-state index contributed by atoms with van der Waals surface area (Å²) in [7, 11) is 0. The number of hydrogen-bond donors (Lipinski definition) is 1. The van der Waals surface area contributed by atoms with E-state index in [9.17, 15) is 9.59 Å². The molecule has 7 nitrogen and oxygen atoms in total. The Kier molecular flexibility index (Phi) is 3.55. The third kappa shape index (κ3) is 2.67. The van der Waals surface area contributed by atoms with E-state index in [1.807, 2.05) is 39.8 Å². The first-order valence-electron chi connectivity index (χ1n) is 9.26. The molecule has 2 amide bonds. The maximum absolute atomic E-state index is 12.6. The van der Waals surface area contributed by atoms with Crippen LogP contribution in [-0.2, 0) is 17.8 Å². The Hall–Kier alpha value is -2.70. The smallest absolute Gasteiger partial charge is 0.293 e. The fourth-order valence-electron chi connectivity index (χ4n) is 4.17. The van der Waals surface area contributed by atoms with Crippen molar-refractivity contribution in [3.8, 4) is 0 Å². The molecule has 134 valence electrons. The van der Waals surface area contributed by atoms with E-state index in [2.05, 4.69) is 15.5 Å². The molecule has 1 aromatic carbocycles. The molecule has 1 saturated carbocycles. The zero-order valence-corrected chi connectivity index (χ0v) is 14.5. The minimum absolute atomic E-state index is 0.239. The Bertz CT molecular complexity index is 858. The number of benzene rings is 1. The molecule has 1 saturated heterocycles. The van der Waals surface area contributed by atoms with Crippen LogP contribution in [0, 0.1) is 17.8 Å². The molecule has 5 rings (SSSR count). The second kappa shape index (κ2) is 5.93. The Morgan fingerprint density at radius 1 is 1.00 bits per heavy atom. The third-order valence-corrected chi connectivity index (χ3v) is 5.74. The van der Waals surface area contributed by atoms with Crippen LogP contribution in [-0.4, -0.2) is 44.6 Å². The highest BCUT2D eigenvalue weighted by Gasteiger charge is 2.43. The molecular formula is C19H21N5O2. The summed E-state index contributed by atoms with van der Waals surface area (Å²) >= 11 is 0. The molecule has 2 aliphatic heterocycles. The number of likely N-dealkylation sites (tertiary alicyclic amines) is 1. The normalized spacial score (nSPS) is 24.1. The SMILES string of the molecule is O=C(Nc1ccccc1)c1nnc2n1C[C@H]1CN(C(=O)C3CC3)C[C@H]1C2. The highest BCUT2D eigenvalue weighted by atomic mass is 16.2. The number of hydrogen-bond acceptors (Lipinski definition) is 4. The van der Waals surface area contributed by atoms with Gasteiger partial charge in [-0.2, -0.15) is 0 Å². The van der Waals surface area contributed by atoms with E-state index in [0.717, 1.165) is 43.9 Å². The van der Waals surface area contributed by atoms with Gasteiger partial charge in [0.2, 0.25) is 11.7 Å². The van der Waals surface area contributed by atoms with Crippen LogP contribution in [0.4, 0.5) is 5.69 Å². The van der Waals surface area contributed by atoms with Crippen molar-refractivity contribution in [3.63, 3.8) is 0 Å². The first-order valence-corrected chi connectivity index (χ1v) is 9.26. The van der Waals surface area contributed by atoms with Gasteiger partial charge in [-0.15, -0.1) is 10.2 Å². The molecule has 1 aliphatic carbocycles. The van der Waals surface area contributed by atoms with Crippen LogP contribution in [0.5, 0.6) is 0 Å². The van der Waals surface area contributed by atoms with Crippen LogP contribution >= 0.6 is 0 Å². The highest BCUT2D eigenvalue weighted by molar-refractivity contribution is 6.01. The van der Waals surface area contributed by atoms with Crippen LogP contribution in [0.3, 0.4) is 0 Å². The average Bonchev–Trinajstić information content (AvgIpc) is 3.29. The first kappa shape index (κ1) is 15.5. The quantitative estimate of drug-likeness (QED) is 0.910. The van der Waals surface area contributed by atoms with Gasteiger partial charge in [0.15, 0.2) is 0 Å². The van der Waals surface area contributed by atoms with Gasteiger partial charge in [0, 0.05) is 37.7 Å². The monoisotopic (exact) mass is 351 g/mol. The molecule has 26 heavy (non-hydrogen) atoms. The van der Waals surface area contributed by atoms with Crippen LogP contribution in [0.2, 0.25) is 0 Å². The number of amides is 2. The molecule has 0 bridgehead atoms. The van der Waals surface area contributed by atoms with Crippen molar-refractivity contribution in [2.75, 3.05) is 18.4 Å². The summed E-state index contributed by atoms with van der Waals surface area (Å²) in [5.74, 6) is 2.36. The lowest BCUT2D eigenvalue weighted by Crippen LogP contribution is -2.31. The zero-order valence-electron chi connectivity index (χ0n) is 14.5. The minimum Gasteiger partial charge on any atom is -0.342 e. The van der Waals surface area contributed by atoms with Gasteiger partial charge in [-0.3, -0.25) is 9.59 Å². The number of carbonyl (C=O) groups is 2. The van der Waals surface area contributed by atoms with Gasteiger partial charge < -0.3 is 14.8 Å². The number of aromatic nitrogens is 3. The number of fused-ring (bicyclic) bond motifs is 2. The summed E-state index contributed by atoms with van der Waals surface area (Å²) in [5.41, 5.74) is 0.741. The van der Waals surface area contributed by atoms with E-state index in [1.165, 1.54) is 0 Å². The third-order valence-electron chi connectivity index (χ3n) is 5.74. The summed E-state index contributed by atoms with van der Waals surface area (Å²) in [6.45, 7) is 2.31. The van der Waals surface area contributed by atoms with Crippen molar-refractivity contribution >= 4 is 17.5 Å². The van der Waals surface area contributed by atoms with Gasteiger partial charge in [0.25, 0.3) is 5.91 Å². The molecule has 2 fully saturated rings. The van der Waals surface area contributed by atoms with Crippen molar-refractivity contribution in [2.45, 2.75) is 25.8 Å². The summed E-state index contributed by atoms with van der Waals surface area (Å²) in [6, 6.07) is 9.36. The van der Waals surface area contributed by atoms with E-state index in [1.54, 1.807) is 0 Å². The van der Waals surface area contributed by atoms with E-state index >= 15 is 0 Å². The standard InChI is InChI=1S/C19H21N5O2/c25-18(20-15-4-2-1-3-5-15)17-22-21-16-8-13-9-23(19(26)12-6-7-12)10-14(13)11-24(16)17/h1-5,12-14H,6-11H2,(H,20,25)/t13-,14-/m1/s1.